The Morgan fingerprint density at radius 2 is 2.15 bits per heavy atom. The van der Waals surface area contributed by atoms with E-state index in [0.717, 1.165) is 15.4 Å². The van der Waals surface area contributed by atoms with Gasteiger partial charge in [0.2, 0.25) is 0 Å². The van der Waals surface area contributed by atoms with Crippen molar-refractivity contribution in [1.29, 1.82) is 0 Å². The van der Waals surface area contributed by atoms with Crippen LogP contribution in [0.2, 0.25) is 0 Å². The molecule has 0 aliphatic rings. The highest BCUT2D eigenvalue weighted by atomic mass is 79.9. The fourth-order valence-corrected chi connectivity index (χ4v) is 1.57. The lowest BCUT2D eigenvalue weighted by Gasteiger charge is -1.95. The molecule has 1 atom stereocenters. The molecule has 1 aromatic heterocycles. The first-order chi connectivity index (χ1) is 6.16. The van der Waals surface area contributed by atoms with Crippen LogP contribution in [0.5, 0.6) is 0 Å². The number of hydrogen-bond donors (Lipinski definition) is 1. The lowest BCUT2D eigenvalue weighted by atomic mass is 10.2. The molecular formula is C10H9BrO2. The Balaban J connectivity index is 2.62. The van der Waals surface area contributed by atoms with E-state index in [0.29, 0.717) is 5.76 Å². The summed E-state index contributed by atoms with van der Waals surface area (Å²) in [5, 5.41) is 10.3. The van der Waals surface area contributed by atoms with Crippen LogP contribution >= 0.6 is 15.9 Å². The molecule has 2 rings (SSSR count). The Morgan fingerprint density at radius 1 is 1.38 bits per heavy atom. The molecule has 1 aromatic carbocycles. The van der Waals surface area contributed by atoms with Gasteiger partial charge in [-0.05, 0) is 31.2 Å². The second-order valence-corrected chi connectivity index (χ2v) is 3.92. The van der Waals surface area contributed by atoms with E-state index in [1.165, 1.54) is 0 Å². The summed E-state index contributed by atoms with van der Waals surface area (Å²) in [6.45, 7) is 1.69. The van der Waals surface area contributed by atoms with Crippen molar-refractivity contribution in [1.82, 2.24) is 0 Å². The minimum Gasteiger partial charge on any atom is -0.458 e. The summed E-state index contributed by atoms with van der Waals surface area (Å²) in [7, 11) is 0. The van der Waals surface area contributed by atoms with Gasteiger partial charge >= 0.3 is 0 Å². The molecule has 0 fully saturated rings. The van der Waals surface area contributed by atoms with Gasteiger partial charge in [-0.25, -0.2) is 0 Å². The number of rotatable bonds is 1. The van der Waals surface area contributed by atoms with Crippen molar-refractivity contribution in [2.24, 2.45) is 0 Å². The summed E-state index contributed by atoms with van der Waals surface area (Å²) in [6, 6.07) is 7.64. The number of hydrogen-bond acceptors (Lipinski definition) is 2. The molecule has 0 aliphatic heterocycles. The van der Waals surface area contributed by atoms with Gasteiger partial charge in [-0.3, -0.25) is 0 Å². The van der Waals surface area contributed by atoms with Crippen molar-refractivity contribution in [3.8, 4) is 0 Å². The molecule has 0 aliphatic carbocycles. The quantitative estimate of drug-likeness (QED) is 0.831. The van der Waals surface area contributed by atoms with Gasteiger partial charge in [-0.1, -0.05) is 15.9 Å². The first-order valence-corrected chi connectivity index (χ1v) is 4.83. The molecule has 0 saturated heterocycles. The minimum absolute atomic E-state index is 0.550. The highest BCUT2D eigenvalue weighted by Crippen LogP contribution is 2.26. The van der Waals surface area contributed by atoms with E-state index in [1.807, 2.05) is 24.3 Å². The van der Waals surface area contributed by atoms with Gasteiger partial charge in [0.25, 0.3) is 0 Å². The number of halogens is 1. The largest absolute Gasteiger partial charge is 0.458 e. The topological polar surface area (TPSA) is 33.4 Å². The third-order valence-corrected chi connectivity index (χ3v) is 2.41. The Hall–Kier alpha value is -0.800. The average Bonchev–Trinajstić information content (AvgIpc) is 2.46. The molecule has 1 N–H and O–H groups in total. The van der Waals surface area contributed by atoms with Gasteiger partial charge in [0.15, 0.2) is 0 Å². The van der Waals surface area contributed by atoms with E-state index in [2.05, 4.69) is 15.9 Å². The summed E-state index contributed by atoms with van der Waals surface area (Å²) in [5.41, 5.74) is 0.797. The predicted molar refractivity (Wildman–Crippen MR) is 54.5 cm³/mol. The van der Waals surface area contributed by atoms with E-state index in [9.17, 15) is 5.11 Å². The zero-order chi connectivity index (χ0) is 9.42. The SMILES string of the molecule is CC(O)c1cc2ccc(Br)cc2o1. The molecule has 0 amide bonds. The second-order valence-electron chi connectivity index (χ2n) is 3.01. The third-order valence-electron chi connectivity index (χ3n) is 1.91. The Bertz CT molecular complexity index is 431. The van der Waals surface area contributed by atoms with Crippen LogP contribution in [0, 0.1) is 0 Å². The molecule has 0 saturated carbocycles. The average molecular weight is 241 g/mol. The van der Waals surface area contributed by atoms with Gasteiger partial charge in [0.05, 0.1) is 0 Å². The Kier molecular flexibility index (Phi) is 2.14. The zero-order valence-electron chi connectivity index (χ0n) is 7.12. The normalized spacial score (nSPS) is 13.5. The maximum atomic E-state index is 9.29. The maximum Gasteiger partial charge on any atom is 0.135 e. The lowest BCUT2D eigenvalue weighted by molar-refractivity contribution is 0.172. The van der Waals surface area contributed by atoms with Crippen molar-refractivity contribution in [3.63, 3.8) is 0 Å². The number of fused-ring (bicyclic) bond motifs is 1. The van der Waals surface area contributed by atoms with Crippen LogP contribution < -0.4 is 0 Å². The van der Waals surface area contributed by atoms with Crippen LogP contribution in [0.1, 0.15) is 18.8 Å². The van der Waals surface area contributed by atoms with Gasteiger partial charge < -0.3 is 9.52 Å². The molecule has 0 spiro atoms. The highest BCUT2D eigenvalue weighted by Gasteiger charge is 2.07. The first-order valence-electron chi connectivity index (χ1n) is 4.04. The van der Waals surface area contributed by atoms with Crippen molar-refractivity contribution in [3.05, 3.63) is 34.5 Å². The lowest BCUT2D eigenvalue weighted by Crippen LogP contribution is -1.85. The molecule has 2 nitrogen and oxygen atoms in total. The molecule has 0 radical (unpaired) electrons. The highest BCUT2D eigenvalue weighted by molar-refractivity contribution is 9.10. The number of aliphatic hydroxyl groups excluding tert-OH is 1. The van der Waals surface area contributed by atoms with Crippen LogP contribution in [0.4, 0.5) is 0 Å². The summed E-state index contributed by atoms with van der Waals surface area (Å²) in [4.78, 5) is 0. The standard InChI is InChI=1S/C10H9BrO2/c1-6(12)9-4-7-2-3-8(11)5-10(7)13-9/h2-6,12H,1H3. The molecule has 13 heavy (non-hydrogen) atoms. The predicted octanol–water partition coefficient (Wildman–Crippen LogP) is 3.25. The van der Waals surface area contributed by atoms with E-state index in [1.54, 1.807) is 6.92 Å². The fourth-order valence-electron chi connectivity index (χ4n) is 1.23. The third kappa shape index (κ3) is 1.62. The van der Waals surface area contributed by atoms with Gasteiger partial charge in [0.1, 0.15) is 17.4 Å². The summed E-state index contributed by atoms with van der Waals surface area (Å²) in [6.07, 6.45) is -0.550. The Labute approximate surface area is 84.3 Å². The van der Waals surface area contributed by atoms with Crippen LogP contribution in [-0.4, -0.2) is 5.11 Å². The number of aliphatic hydroxyl groups is 1. The van der Waals surface area contributed by atoms with E-state index >= 15 is 0 Å². The van der Waals surface area contributed by atoms with Crippen molar-refractivity contribution in [2.75, 3.05) is 0 Å². The van der Waals surface area contributed by atoms with Crippen LogP contribution in [-0.2, 0) is 0 Å². The summed E-state index contributed by atoms with van der Waals surface area (Å²) >= 11 is 3.36. The minimum atomic E-state index is -0.550. The summed E-state index contributed by atoms with van der Waals surface area (Å²) < 4.78 is 6.41. The van der Waals surface area contributed by atoms with E-state index in [4.69, 9.17) is 4.42 Å². The van der Waals surface area contributed by atoms with E-state index < -0.39 is 6.10 Å². The van der Waals surface area contributed by atoms with Crippen molar-refractivity contribution >= 4 is 26.9 Å². The van der Waals surface area contributed by atoms with Crippen LogP contribution in [0.15, 0.2) is 33.2 Å². The second kappa shape index (κ2) is 3.16. The van der Waals surface area contributed by atoms with Crippen molar-refractivity contribution < 1.29 is 9.52 Å². The number of benzene rings is 1. The first kappa shape index (κ1) is 8.78. The summed E-state index contributed by atoms with van der Waals surface area (Å²) in [5.74, 6) is 0.605. The van der Waals surface area contributed by atoms with Crippen LogP contribution in [0.3, 0.4) is 0 Å². The van der Waals surface area contributed by atoms with Gasteiger partial charge in [-0.15, -0.1) is 0 Å². The van der Waals surface area contributed by atoms with Gasteiger partial charge in [-0.2, -0.15) is 0 Å². The van der Waals surface area contributed by atoms with Crippen LogP contribution in [0.25, 0.3) is 11.0 Å². The zero-order valence-corrected chi connectivity index (χ0v) is 8.71. The molecule has 1 unspecified atom stereocenters. The smallest absolute Gasteiger partial charge is 0.135 e. The molecule has 68 valence electrons. The van der Waals surface area contributed by atoms with E-state index in [-0.39, 0.29) is 0 Å². The molecular weight excluding hydrogens is 232 g/mol. The molecule has 3 heteroatoms. The monoisotopic (exact) mass is 240 g/mol. The van der Waals surface area contributed by atoms with Gasteiger partial charge in [0, 0.05) is 9.86 Å². The molecule has 0 bridgehead atoms. The molecule has 2 aromatic rings. The fraction of sp³-hybridized carbons (Fsp3) is 0.200. The molecule has 1 heterocycles. The van der Waals surface area contributed by atoms with Crippen molar-refractivity contribution in [2.45, 2.75) is 13.0 Å². The maximum absolute atomic E-state index is 9.29. The Morgan fingerprint density at radius 3 is 2.85 bits per heavy atom. The number of furan rings is 1.